The quantitative estimate of drug-likeness (QED) is 0.755. The summed E-state index contributed by atoms with van der Waals surface area (Å²) in [5.74, 6) is 0.766. The summed E-state index contributed by atoms with van der Waals surface area (Å²) in [5.41, 5.74) is 5.91. The zero-order chi connectivity index (χ0) is 10.5. The van der Waals surface area contributed by atoms with Crippen LogP contribution in [0.2, 0.25) is 0 Å². The molecule has 1 fully saturated rings. The second-order valence-corrected chi connectivity index (χ2v) is 4.18. The van der Waals surface area contributed by atoms with Gasteiger partial charge in [-0.2, -0.15) is 4.98 Å². The van der Waals surface area contributed by atoms with E-state index < -0.39 is 0 Å². The highest BCUT2D eigenvalue weighted by Crippen LogP contribution is 2.16. The minimum absolute atomic E-state index is 0.376. The monoisotopic (exact) mass is 210 g/mol. The summed E-state index contributed by atoms with van der Waals surface area (Å²) < 4.78 is 4.67. The third-order valence-corrected chi connectivity index (χ3v) is 2.90. The van der Waals surface area contributed by atoms with Gasteiger partial charge in [0.2, 0.25) is 6.39 Å². The third kappa shape index (κ3) is 3.28. The fourth-order valence-electron chi connectivity index (χ4n) is 2.10. The van der Waals surface area contributed by atoms with Crippen LogP contribution >= 0.6 is 0 Å². The van der Waals surface area contributed by atoms with Crippen molar-refractivity contribution in [3.8, 4) is 0 Å². The number of hydrogen-bond acceptors (Lipinski definition) is 5. The Morgan fingerprint density at radius 2 is 2.47 bits per heavy atom. The Morgan fingerprint density at radius 1 is 1.53 bits per heavy atom. The molecule has 0 amide bonds. The molecule has 5 heteroatoms. The molecule has 3 N–H and O–H groups in total. The van der Waals surface area contributed by atoms with Gasteiger partial charge < -0.3 is 15.6 Å². The zero-order valence-corrected chi connectivity index (χ0v) is 8.85. The Labute approximate surface area is 89.4 Å². The van der Waals surface area contributed by atoms with Crippen molar-refractivity contribution in [3.63, 3.8) is 0 Å². The van der Waals surface area contributed by atoms with Gasteiger partial charge in [0.05, 0.1) is 0 Å². The lowest BCUT2D eigenvalue weighted by Crippen LogP contribution is -2.40. The van der Waals surface area contributed by atoms with E-state index in [-0.39, 0.29) is 0 Å². The molecule has 0 aliphatic heterocycles. The second-order valence-electron chi connectivity index (χ2n) is 4.18. The highest BCUT2D eigenvalue weighted by molar-refractivity contribution is 4.83. The van der Waals surface area contributed by atoms with Gasteiger partial charge in [0.15, 0.2) is 5.82 Å². The van der Waals surface area contributed by atoms with Crippen LogP contribution in [0.4, 0.5) is 0 Å². The van der Waals surface area contributed by atoms with Crippen LogP contribution in [-0.2, 0) is 6.42 Å². The maximum atomic E-state index is 5.91. The van der Waals surface area contributed by atoms with E-state index in [4.69, 9.17) is 5.73 Å². The topological polar surface area (TPSA) is 77.0 Å². The van der Waals surface area contributed by atoms with Crippen LogP contribution in [-0.4, -0.2) is 28.8 Å². The van der Waals surface area contributed by atoms with Crippen LogP contribution < -0.4 is 11.1 Å². The lowest BCUT2D eigenvalue weighted by Gasteiger charge is -2.27. The van der Waals surface area contributed by atoms with Gasteiger partial charge in [0.1, 0.15) is 0 Å². The van der Waals surface area contributed by atoms with Gasteiger partial charge in [-0.25, -0.2) is 0 Å². The summed E-state index contributed by atoms with van der Waals surface area (Å²) in [7, 11) is 0. The summed E-state index contributed by atoms with van der Waals surface area (Å²) in [6, 6.07) is 0.946. The number of aromatic nitrogens is 2. The minimum Gasteiger partial charge on any atom is -0.343 e. The number of nitrogens with two attached hydrogens (primary N) is 1. The molecule has 0 spiro atoms. The number of nitrogens with zero attached hydrogens (tertiary/aromatic N) is 2. The van der Waals surface area contributed by atoms with Gasteiger partial charge >= 0.3 is 0 Å². The van der Waals surface area contributed by atoms with Crippen LogP contribution in [0.25, 0.3) is 0 Å². The maximum Gasteiger partial charge on any atom is 0.213 e. The molecule has 1 aromatic heterocycles. The summed E-state index contributed by atoms with van der Waals surface area (Å²) in [4.78, 5) is 3.97. The van der Waals surface area contributed by atoms with E-state index in [9.17, 15) is 0 Å². The number of hydrogen-bond donors (Lipinski definition) is 2. The molecule has 1 heterocycles. The maximum absolute atomic E-state index is 5.91. The van der Waals surface area contributed by atoms with Gasteiger partial charge in [0, 0.05) is 25.0 Å². The van der Waals surface area contributed by atoms with E-state index in [0.29, 0.717) is 12.1 Å². The van der Waals surface area contributed by atoms with Crippen LogP contribution in [0.5, 0.6) is 0 Å². The fourth-order valence-corrected chi connectivity index (χ4v) is 2.10. The average molecular weight is 210 g/mol. The van der Waals surface area contributed by atoms with Crippen molar-refractivity contribution >= 4 is 0 Å². The van der Waals surface area contributed by atoms with E-state index in [1.165, 1.54) is 25.7 Å². The first-order valence-electron chi connectivity index (χ1n) is 5.59. The van der Waals surface area contributed by atoms with Gasteiger partial charge in [0.25, 0.3) is 0 Å². The molecular formula is C10H18N4O. The van der Waals surface area contributed by atoms with E-state index in [2.05, 4.69) is 20.0 Å². The summed E-state index contributed by atoms with van der Waals surface area (Å²) >= 11 is 0. The molecule has 2 rings (SSSR count). The van der Waals surface area contributed by atoms with Crippen molar-refractivity contribution in [2.24, 2.45) is 5.73 Å². The molecule has 5 nitrogen and oxygen atoms in total. The molecule has 0 radical (unpaired) electrons. The molecule has 2 atom stereocenters. The van der Waals surface area contributed by atoms with E-state index in [1.54, 1.807) is 0 Å². The van der Waals surface area contributed by atoms with Gasteiger partial charge in [-0.1, -0.05) is 11.6 Å². The Bertz CT molecular complexity index is 275. The Morgan fingerprint density at radius 3 is 3.20 bits per heavy atom. The second kappa shape index (κ2) is 5.23. The largest absolute Gasteiger partial charge is 0.343 e. The van der Waals surface area contributed by atoms with Crippen molar-refractivity contribution < 1.29 is 4.52 Å². The Hall–Kier alpha value is -0.940. The van der Waals surface area contributed by atoms with Crippen LogP contribution in [0.1, 0.15) is 31.5 Å². The van der Waals surface area contributed by atoms with Crippen LogP contribution in [0.3, 0.4) is 0 Å². The smallest absolute Gasteiger partial charge is 0.213 e. The predicted molar refractivity (Wildman–Crippen MR) is 56.2 cm³/mol. The highest BCUT2D eigenvalue weighted by atomic mass is 16.5. The summed E-state index contributed by atoms with van der Waals surface area (Å²) in [6.45, 7) is 0.900. The first-order valence-corrected chi connectivity index (χ1v) is 5.59. The summed E-state index contributed by atoms with van der Waals surface area (Å²) in [6.07, 6.45) is 6.92. The molecule has 2 unspecified atom stereocenters. The Kier molecular flexibility index (Phi) is 3.69. The summed E-state index contributed by atoms with van der Waals surface area (Å²) in [5, 5.41) is 7.25. The normalized spacial score (nSPS) is 26.7. The van der Waals surface area contributed by atoms with E-state index in [1.807, 2.05) is 0 Å². The molecule has 1 saturated carbocycles. The van der Waals surface area contributed by atoms with Crippen molar-refractivity contribution in [2.75, 3.05) is 6.54 Å². The minimum atomic E-state index is 0.376. The lowest BCUT2D eigenvalue weighted by molar-refractivity contribution is 0.339. The zero-order valence-electron chi connectivity index (χ0n) is 8.85. The molecule has 0 bridgehead atoms. The molecule has 84 valence electrons. The molecule has 1 aliphatic carbocycles. The van der Waals surface area contributed by atoms with Crippen molar-refractivity contribution in [3.05, 3.63) is 12.2 Å². The SMILES string of the molecule is NC1CCCC(NCCc2ncon2)C1. The molecule has 1 aromatic rings. The molecule has 1 aliphatic rings. The lowest BCUT2D eigenvalue weighted by atomic mass is 9.91. The van der Waals surface area contributed by atoms with Gasteiger partial charge in [-0.05, 0) is 19.3 Å². The molecule has 0 saturated heterocycles. The van der Waals surface area contributed by atoms with Gasteiger partial charge in [-0.3, -0.25) is 0 Å². The van der Waals surface area contributed by atoms with Crippen LogP contribution in [0, 0.1) is 0 Å². The number of nitrogens with one attached hydrogen (secondary N) is 1. The predicted octanol–water partition coefficient (Wildman–Crippen LogP) is 0.472. The van der Waals surface area contributed by atoms with Crippen molar-refractivity contribution in [1.29, 1.82) is 0 Å². The van der Waals surface area contributed by atoms with Crippen molar-refractivity contribution in [1.82, 2.24) is 15.5 Å². The Balaban J connectivity index is 1.65. The standard InChI is InChI=1S/C10H18N4O/c11-8-2-1-3-9(6-8)12-5-4-10-13-7-15-14-10/h7-9,12H,1-6,11H2. The fraction of sp³-hybridized carbons (Fsp3) is 0.800. The van der Waals surface area contributed by atoms with Crippen LogP contribution in [0.15, 0.2) is 10.9 Å². The molecular weight excluding hydrogens is 192 g/mol. The highest BCUT2D eigenvalue weighted by Gasteiger charge is 2.18. The molecule has 15 heavy (non-hydrogen) atoms. The first kappa shape index (κ1) is 10.6. The average Bonchev–Trinajstić information content (AvgIpc) is 2.71. The van der Waals surface area contributed by atoms with E-state index >= 15 is 0 Å². The number of rotatable bonds is 4. The van der Waals surface area contributed by atoms with E-state index in [0.717, 1.165) is 25.2 Å². The molecule has 0 aromatic carbocycles. The van der Waals surface area contributed by atoms with Crippen molar-refractivity contribution in [2.45, 2.75) is 44.2 Å². The third-order valence-electron chi connectivity index (χ3n) is 2.90. The van der Waals surface area contributed by atoms with Gasteiger partial charge in [-0.15, -0.1) is 0 Å². The first-order chi connectivity index (χ1) is 7.34.